The van der Waals surface area contributed by atoms with E-state index in [0.29, 0.717) is 40.3 Å². The van der Waals surface area contributed by atoms with Gasteiger partial charge < -0.3 is 14.4 Å². The van der Waals surface area contributed by atoms with Crippen LogP contribution in [0, 0.1) is 0 Å². The fourth-order valence-electron chi connectivity index (χ4n) is 3.76. The standard InChI is InChI=1S/C25H22BrClN2O6S/c1-2-34-19-12-15(11-18(26)22(19)35-24(32)16-5-7-17(27)8-6-16)13-20-23(31)29(25(33)36-20)14-21(30)28-9-3-4-10-28/h5-8,11-13H,2-4,9-10,14H2,1H3/b20-13-. The van der Waals surface area contributed by atoms with E-state index in [1.165, 1.54) is 0 Å². The van der Waals surface area contributed by atoms with Crippen molar-refractivity contribution in [2.24, 2.45) is 0 Å². The first-order chi connectivity index (χ1) is 17.3. The summed E-state index contributed by atoms with van der Waals surface area (Å²) in [5.74, 6) is -0.888. The Morgan fingerprint density at radius 3 is 2.50 bits per heavy atom. The first kappa shape index (κ1) is 26.2. The second-order valence-corrected chi connectivity index (χ2v) is 10.3. The molecule has 2 fully saturated rings. The minimum absolute atomic E-state index is 0.179. The molecule has 0 atom stereocenters. The summed E-state index contributed by atoms with van der Waals surface area (Å²) in [6.07, 6.45) is 3.40. The highest BCUT2D eigenvalue weighted by Gasteiger charge is 2.37. The Kier molecular flexibility index (Phi) is 8.38. The highest BCUT2D eigenvalue weighted by molar-refractivity contribution is 9.10. The average Bonchev–Trinajstić information content (AvgIpc) is 3.47. The number of carbonyl (C=O) groups excluding carboxylic acids is 4. The Labute approximate surface area is 225 Å². The number of hydrogen-bond acceptors (Lipinski definition) is 7. The summed E-state index contributed by atoms with van der Waals surface area (Å²) in [6.45, 7) is 3.11. The van der Waals surface area contributed by atoms with Gasteiger partial charge in [-0.15, -0.1) is 0 Å². The van der Waals surface area contributed by atoms with Gasteiger partial charge in [0, 0.05) is 18.1 Å². The highest BCUT2D eigenvalue weighted by atomic mass is 79.9. The fourth-order valence-corrected chi connectivity index (χ4v) is 5.27. The van der Waals surface area contributed by atoms with E-state index in [4.69, 9.17) is 21.1 Å². The largest absolute Gasteiger partial charge is 0.490 e. The molecule has 2 aromatic rings. The van der Waals surface area contributed by atoms with Crippen LogP contribution in [-0.4, -0.2) is 59.1 Å². The molecule has 11 heteroatoms. The molecule has 36 heavy (non-hydrogen) atoms. The normalized spacial score (nSPS) is 16.7. The highest BCUT2D eigenvalue weighted by Crippen LogP contribution is 2.39. The van der Waals surface area contributed by atoms with Gasteiger partial charge in [-0.05, 0) is 95.5 Å². The van der Waals surface area contributed by atoms with E-state index in [-0.39, 0.29) is 28.9 Å². The molecule has 3 amide bonds. The lowest BCUT2D eigenvalue weighted by Gasteiger charge is -2.18. The number of benzene rings is 2. The number of nitrogens with zero attached hydrogens (tertiary/aromatic N) is 2. The molecular formula is C25H22BrClN2O6S. The van der Waals surface area contributed by atoms with Crippen molar-refractivity contribution in [3.8, 4) is 11.5 Å². The molecule has 8 nitrogen and oxygen atoms in total. The maximum atomic E-state index is 12.9. The molecule has 188 valence electrons. The number of carbonyl (C=O) groups is 4. The molecule has 0 aromatic heterocycles. The van der Waals surface area contributed by atoms with E-state index in [9.17, 15) is 19.2 Å². The van der Waals surface area contributed by atoms with Crippen LogP contribution in [0.3, 0.4) is 0 Å². The van der Waals surface area contributed by atoms with Gasteiger partial charge in [-0.25, -0.2) is 4.79 Å². The molecule has 2 heterocycles. The Balaban J connectivity index is 1.54. The zero-order valence-corrected chi connectivity index (χ0v) is 22.5. The third kappa shape index (κ3) is 5.93. The Bertz CT molecular complexity index is 1240. The summed E-state index contributed by atoms with van der Waals surface area (Å²) in [6, 6.07) is 9.55. The molecule has 0 saturated carbocycles. The van der Waals surface area contributed by atoms with Crippen molar-refractivity contribution in [3.05, 3.63) is 61.9 Å². The van der Waals surface area contributed by atoms with E-state index < -0.39 is 17.1 Å². The van der Waals surface area contributed by atoms with E-state index in [1.54, 1.807) is 54.3 Å². The topological polar surface area (TPSA) is 93.2 Å². The van der Waals surface area contributed by atoms with E-state index >= 15 is 0 Å². The van der Waals surface area contributed by atoms with Gasteiger partial charge in [0.15, 0.2) is 11.5 Å². The molecule has 0 radical (unpaired) electrons. The molecular weight excluding hydrogens is 572 g/mol. The number of thioether (sulfide) groups is 1. The molecule has 4 rings (SSSR count). The third-order valence-corrected chi connectivity index (χ3v) is 7.28. The maximum Gasteiger partial charge on any atom is 0.343 e. The van der Waals surface area contributed by atoms with Crippen molar-refractivity contribution < 1.29 is 28.7 Å². The van der Waals surface area contributed by atoms with Gasteiger partial charge in [0.25, 0.3) is 11.1 Å². The van der Waals surface area contributed by atoms with Crippen LogP contribution >= 0.6 is 39.3 Å². The van der Waals surface area contributed by atoms with Crippen molar-refractivity contribution in [2.45, 2.75) is 19.8 Å². The van der Waals surface area contributed by atoms with Gasteiger partial charge in [0.2, 0.25) is 5.91 Å². The Morgan fingerprint density at radius 2 is 1.83 bits per heavy atom. The van der Waals surface area contributed by atoms with Crippen molar-refractivity contribution in [3.63, 3.8) is 0 Å². The summed E-state index contributed by atoms with van der Waals surface area (Å²) < 4.78 is 11.7. The summed E-state index contributed by atoms with van der Waals surface area (Å²) in [5.41, 5.74) is 0.864. The third-order valence-electron chi connectivity index (χ3n) is 5.53. The smallest absolute Gasteiger partial charge is 0.343 e. The predicted molar refractivity (Wildman–Crippen MR) is 140 cm³/mol. The van der Waals surface area contributed by atoms with Crippen LogP contribution in [0.15, 0.2) is 45.8 Å². The first-order valence-electron chi connectivity index (χ1n) is 11.2. The van der Waals surface area contributed by atoms with Gasteiger partial charge in [-0.2, -0.15) is 0 Å². The number of imide groups is 1. The zero-order chi connectivity index (χ0) is 25.8. The van der Waals surface area contributed by atoms with E-state index in [0.717, 1.165) is 29.5 Å². The number of halogens is 2. The van der Waals surface area contributed by atoms with Gasteiger partial charge in [0.1, 0.15) is 6.54 Å². The van der Waals surface area contributed by atoms with Crippen LogP contribution in [0.4, 0.5) is 4.79 Å². The monoisotopic (exact) mass is 592 g/mol. The molecule has 2 aromatic carbocycles. The Hall–Kier alpha value is -2.82. The van der Waals surface area contributed by atoms with Crippen LogP contribution in [0.25, 0.3) is 6.08 Å². The van der Waals surface area contributed by atoms with E-state index in [1.807, 2.05) is 0 Å². The van der Waals surface area contributed by atoms with Crippen LogP contribution < -0.4 is 9.47 Å². The quantitative estimate of drug-likeness (QED) is 0.242. The molecule has 0 spiro atoms. The number of ether oxygens (including phenoxy) is 2. The summed E-state index contributed by atoms with van der Waals surface area (Å²) in [5, 5.41) is 0.00771. The molecule has 0 bridgehead atoms. The SMILES string of the molecule is CCOc1cc(/C=C2\SC(=O)N(CC(=O)N3CCCC3)C2=O)cc(Br)c1OC(=O)c1ccc(Cl)cc1. The van der Waals surface area contributed by atoms with Crippen LogP contribution in [0.2, 0.25) is 5.02 Å². The van der Waals surface area contributed by atoms with Crippen molar-refractivity contribution in [1.29, 1.82) is 0 Å². The van der Waals surface area contributed by atoms with Crippen molar-refractivity contribution in [1.82, 2.24) is 9.80 Å². The van der Waals surface area contributed by atoms with Crippen molar-refractivity contribution >= 4 is 68.4 Å². The predicted octanol–water partition coefficient (Wildman–Crippen LogP) is 5.38. The lowest BCUT2D eigenvalue weighted by molar-refractivity contribution is -0.135. The van der Waals surface area contributed by atoms with Crippen LogP contribution in [-0.2, 0) is 9.59 Å². The summed E-state index contributed by atoms with van der Waals surface area (Å²) in [7, 11) is 0. The number of esters is 1. The van der Waals surface area contributed by atoms with Gasteiger partial charge in [-0.1, -0.05) is 11.6 Å². The summed E-state index contributed by atoms with van der Waals surface area (Å²) in [4.78, 5) is 53.2. The molecule has 0 unspecified atom stereocenters. The maximum absolute atomic E-state index is 12.9. The molecule has 0 aliphatic carbocycles. The molecule has 0 N–H and O–H groups in total. The lowest BCUT2D eigenvalue weighted by atomic mass is 10.1. The number of likely N-dealkylation sites (tertiary alicyclic amines) is 1. The first-order valence-corrected chi connectivity index (χ1v) is 13.2. The second-order valence-electron chi connectivity index (χ2n) is 8.02. The zero-order valence-electron chi connectivity index (χ0n) is 19.3. The van der Waals surface area contributed by atoms with Crippen LogP contribution in [0.5, 0.6) is 11.5 Å². The van der Waals surface area contributed by atoms with E-state index in [2.05, 4.69) is 15.9 Å². The average molecular weight is 594 g/mol. The number of amides is 3. The van der Waals surface area contributed by atoms with Crippen LogP contribution in [0.1, 0.15) is 35.7 Å². The summed E-state index contributed by atoms with van der Waals surface area (Å²) >= 11 is 10.1. The lowest BCUT2D eigenvalue weighted by Crippen LogP contribution is -2.40. The molecule has 2 saturated heterocycles. The van der Waals surface area contributed by atoms with Gasteiger partial charge in [-0.3, -0.25) is 19.3 Å². The minimum atomic E-state index is -0.593. The Morgan fingerprint density at radius 1 is 1.14 bits per heavy atom. The van der Waals surface area contributed by atoms with Crippen molar-refractivity contribution in [2.75, 3.05) is 26.2 Å². The molecule has 2 aliphatic heterocycles. The second kappa shape index (κ2) is 11.5. The van der Waals surface area contributed by atoms with Gasteiger partial charge in [0.05, 0.1) is 21.5 Å². The minimum Gasteiger partial charge on any atom is -0.490 e. The molecule has 2 aliphatic rings. The van der Waals surface area contributed by atoms with Gasteiger partial charge >= 0.3 is 5.97 Å². The fraction of sp³-hybridized carbons (Fsp3) is 0.280. The number of rotatable bonds is 7. The number of hydrogen-bond donors (Lipinski definition) is 0.